The fourth-order valence-corrected chi connectivity index (χ4v) is 0.291. The molecule has 0 fully saturated rings. The summed E-state index contributed by atoms with van der Waals surface area (Å²) in [6, 6.07) is 3.44. The Morgan fingerprint density at radius 3 is 2.43 bits per heavy atom. The van der Waals surface area contributed by atoms with Gasteiger partial charge in [-0.3, -0.25) is 0 Å². The predicted octanol–water partition coefficient (Wildman–Crippen LogP) is 0.859. The summed E-state index contributed by atoms with van der Waals surface area (Å²) in [6.45, 7) is 0. The monoisotopic (exact) mass is 147 g/mol. The Kier molecular flexibility index (Phi) is 2.69. The summed E-state index contributed by atoms with van der Waals surface area (Å²) in [6.07, 6.45) is 1.54. The van der Waals surface area contributed by atoms with Gasteiger partial charge in [0.05, 0.1) is 6.26 Å². The maximum absolute atomic E-state index is 5.11. The quantitative estimate of drug-likeness (QED) is 0.554. The Labute approximate surface area is 54.4 Å². The Bertz CT molecular complexity index is 115. The molecular weight excluding hydrogens is 143 g/mol. The van der Waals surface area contributed by atoms with Crippen LogP contribution in [0.1, 0.15) is 0 Å². The minimum Gasteiger partial charge on any atom is -0.449 e. The maximum atomic E-state index is 5.11. The van der Waals surface area contributed by atoms with Crippen LogP contribution < -0.4 is 5.73 Å². The van der Waals surface area contributed by atoms with Crippen LogP contribution in [0.2, 0.25) is 0 Å². The van der Waals surface area contributed by atoms with Gasteiger partial charge in [-0.1, -0.05) is 0 Å². The fourth-order valence-electron chi connectivity index (χ4n) is 0.291. The summed E-state index contributed by atoms with van der Waals surface area (Å²) in [5.74, 6) is 0.468. The van der Waals surface area contributed by atoms with E-state index in [0.717, 1.165) is 0 Å². The molecule has 2 nitrogen and oxygen atoms in total. The SMILES string of the molecule is Nc1ccco1.[Zn]. The van der Waals surface area contributed by atoms with E-state index in [2.05, 4.69) is 4.42 Å². The number of nitrogen functional groups attached to an aromatic ring is 1. The van der Waals surface area contributed by atoms with Crippen LogP contribution in [0.25, 0.3) is 0 Å². The Morgan fingerprint density at radius 1 is 1.57 bits per heavy atom. The van der Waals surface area contributed by atoms with E-state index < -0.39 is 0 Å². The number of furan rings is 1. The zero-order valence-corrected chi connectivity index (χ0v) is 6.89. The zero-order valence-electron chi connectivity index (χ0n) is 3.92. The van der Waals surface area contributed by atoms with Crippen molar-refractivity contribution in [3.8, 4) is 0 Å². The summed E-state index contributed by atoms with van der Waals surface area (Å²) in [7, 11) is 0. The summed E-state index contributed by atoms with van der Waals surface area (Å²) in [5, 5.41) is 0. The topological polar surface area (TPSA) is 39.2 Å². The van der Waals surface area contributed by atoms with Gasteiger partial charge in [-0.05, 0) is 6.07 Å². The molecule has 0 aliphatic heterocycles. The van der Waals surface area contributed by atoms with E-state index in [-0.39, 0.29) is 19.5 Å². The van der Waals surface area contributed by atoms with Gasteiger partial charge < -0.3 is 10.2 Å². The molecule has 2 N–H and O–H groups in total. The molecule has 3 heteroatoms. The summed E-state index contributed by atoms with van der Waals surface area (Å²) in [5.41, 5.74) is 5.11. The number of hydrogen-bond donors (Lipinski definition) is 1. The molecule has 0 atom stereocenters. The molecule has 0 aliphatic rings. The molecule has 0 spiro atoms. The van der Waals surface area contributed by atoms with Gasteiger partial charge in [0.15, 0.2) is 5.88 Å². The third-order valence-corrected chi connectivity index (χ3v) is 0.543. The summed E-state index contributed by atoms with van der Waals surface area (Å²) >= 11 is 0. The van der Waals surface area contributed by atoms with Crippen molar-refractivity contribution in [1.29, 1.82) is 0 Å². The van der Waals surface area contributed by atoms with Crippen LogP contribution in [-0.4, -0.2) is 0 Å². The van der Waals surface area contributed by atoms with Crippen molar-refractivity contribution in [1.82, 2.24) is 0 Å². The molecule has 1 aromatic rings. The molecule has 1 rings (SSSR count). The predicted molar refractivity (Wildman–Crippen MR) is 23.1 cm³/mol. The molecule has 0 amide bonds. The zero-order chi connectivity index (χ0) is 4.41. The maximum Gasteiger partial charge on any atom is 0.190 e. The molecule has 7 heavy (non-hydrogen) atoms. The summed E-state index contributed by atoms with van der Waals surface area (Å²) < 4.78 is 4.61. The van der Waals surface area contributed by atoms with Crippen LogP contribution in [0.5, 0.6) is 0 Å². The first-order valence-electron chi connectivity index (χ1n) is 1.68. The van der Waals surface area contributed by atoms with Crippen molar-refractivity contribution in [3.05, 3.63) is 18.4 Å². The van der Waals surface area contributed by atoms with Gasteiger partial charge >= 0.3 is 0 Å². The molecule has 34 valence electrons. The third kappa shape index (κ3) is 1.74. The molecule has 0 aromatic carbocycles. The molecule has 0 bridgehead atoms. The molecule has 1 aromatic heterocycles. The minimum absolute atomic E-state index is 0. The van der Waals surface area contributed by atoms with Crippen LogP contribution >= 0.6 is 0 Å². The van der Waals surface area contributed by atoms with Crippen LogP contribution in [-0.2, 0) is 19.5 Å². The van der Waals surface area contributed by atoms with Crippen molar-refractivity contribution in [2.75, 3.05) is 5.73 Å². The van der Waals surface area contributed by atoms with Crippen molar-refractivity contribution in [2.24, 2.45) is 0 Å². The first-order valence-corrected chi connectivity index (χ1v) is 1.68. The molecule has 0 radical (unpaired) electrons. The van der Waals surface area contributed by atoms with Gasteiger partial charge in [0, 0.05) is 25.5 Å². The largest absolute Gasteiger partial charge is 0.449 e. The van der Waals surface area contributed by atoms with Crippen molar-refractivity contribution < 1.29 is 23.9 Å². The van der Waals surface area contributed by atoms with Crippen molar-refractivity contribution in [2.45, 2.75) is 0 Å². The molecular formula is C4H5NOZn. The van der Waals surface area contributed by atoms with Gasteiger partial charge in [0.1, 0.15) is 0 Å². The van der Waals surface area contributed by atoms with Gasteiger partial charge in [-0.15, -0.1) is 0 Å². The van der Waals surface area contributed by atoms with Crippen LogP contribution in [0.4, 0.5) is 5.88 Å². The first-order chi connectivity index (χ1) is 2.89. The smallest absolute Gasteiger partial charge is 0.190 e. The number of nitrogens with two attached hydrogens (primary N) is 1. The van der Waals surface area contributed by atoms with Crippen LogP contribution in [0.15, 0.2) is 22.8 Å². The van der Waals surface area contributed by atoms with Gasteiger partial charge in [0.25, 0.3) is 0 Å². The molecule has 0 unspecified atom stereocenters. The number of hydrogen-bond acceptors (Lipinski definition) is 2. The minimum atomic E-state index is 0. The Hall–Kier alpha value is -0.297. The van der Waals surface area contributed by atoms with E-state index in [1.165, 1.54) is 6.26 Å². The average molecular weight is 148 g/mol. The van der Waals surface area contributed by atoms with E-state index in [1.54, 1.807) is 12.1 Å². The molecule has 0 saturated heterocycles. The second kappa shape index (κ2) is 2.81. The van der Waals surface area contributed by atoms with Crippen molar-refractivity contribution >= 4 is 5.88 Å². The average Bonchev–Trinajstić information content (AvgIpc) is 1.86. The van der Waals surface area contributed by atoms with E-state index in [1.807, 2.05) is 0 Å². The van der Waals surface area contributed by atoms with Crippen LogP contribution in [0.3, 0.4) is 0 Å². The van der Waals surface area contributed by atoms with E-state index in [9.17, 15) is 0 Å². The van der Waals surface area contributed by atoms with Crippen LogP contribution in [0, 0.1) is 0 Å². The number of rotatable bonds is 0. The first kappa shape index (κ1) is 6.70. The van der Waals surface area contributed by atoms with E-state index in [0.29, 0.717) is 5.88 Å². The second-order valence-electron chi connectivity index (χ2n) is 1.02. The van der Waals surface area contributed by atoms with Gasteiger partial charge in [-0.25, -0.2) is 0 Å². The molecule has 1 heterocycles. The third-order valence-electron chi connectivity index (χ3n) is 0.543. The normalized spacial score (nSPS) is 7.43. The van der Waals surface area contributed by atoms with E-state index in [4.69, 9.17) is 5.73 Å². The Morgan fingerprint density at radius 2 is 2.29 bits per heavy atom. The molecule has 0 saturated carbocycles. The van der Waals surface area contributed by atoms with Gasteiger partial charge in [0.2, 0.25) is 0 Å². The van der Waals surface area contributed by atoms with Gasteiger partial charge in [-0.2, -0.15) is 0 Å². The van der Waals surface area contributed by atoms with E-state index >= 15 is 0 Å². The Balaban J connectivity index is 0.000000360. The standard InChI is InChI=1S/C4H5NO.Zn/c5-4-2-1-3-6-4;/h1-3H,5H2;. The number of anilines is 1. The molecule has 0 aliphatic carbocycles. The fraction of sp³-hybridized carbons (Fsp3) is 0. The van der Waals surface area contributed by atoms with Crippen molar-refractivity contribution in [3.63, 3.8) is 0 Å². The summed E-state index contributed by atoms with van der Waals surface area (Å²) in [4.78, 5) is 0. The second-order valence-corrected chi connectivity index (χ2v) is 1.02.